The Morgan fingerprint density at radius 2 is 1.82 bits per heavy atom. The van der Waals surface area contributed by atoms with Gasteiger partial charge in [-0.15, -0.1) is 0 Å². The Morgan fingerprint density at radius 3 is 2.46 bits per heavy atom. The zero-order valence-corrected chi connectivity index (χ0v) is 16.4. The number of nitrogens with one attached hydrogen (secondary N) is 2. The number of amides is 1. The fraction of sp³-hybridized carbons (Fsp3) is 0.0526. The topological polar surface area (TPSA) is 93.1 Å². The van der Waals surface area contributed by atoms with Crippen LogP contribution in [0.15, 0.2) is 71.8 Å². The minimum absolute atomic E-state index is 0.0857. The van der Waals surface area contributed by atoms with Gasteiger partial charge in [-0.2, -0.15) is 5.10 Å². The second kappa shape index (κ2) is 8.28. The van der Waals surface area contributed by atoms with Gasteiger partial charge in [-0.05, 0) is 35.9 Å². The lowest BCUT2D eigenvalue weighted by atomic mass is 10.2. The maximum Gasteiger partial charge on any atom is 0.261 e. The third-order valence-electron chi connectivity index (χ3n) is 3.70. The molecule has 0 saturated carbocycles. The predicted octanol–water partition coefficient (Wildman–Crippen LogP) is 3.53. The monoisotopic (exact) mass is 416 g/mol. The number of rotatable bonds is 6. The second-order valence-corrected chi connectivity index (χ2v) is 7.94. The number of benzene rings is 2. The van der Waals surface area contributed by atoms with E-state index >= 15 is 0 Å². The minimum Gasteiger partial charge on any atom is -0.306 e. The largest absolute Gasteiger partial charge is 0.306 e. The van der Waals surface area contributed by atoms with Gasteiger partial charge in [-0.3, -0.25) is 14.2 Å². The quantitative estimate of drug-likeness (QED) is 0.601. The molecule has 7 nitrogen and oxygen atoms in total. The van der Waals surface area contributed by atoms with Crippen molar-refractivity contribution >= 4 is 45.1 Å². The van der Waals surface area contributed by atoms with E-state index in [0.717, 1.165) is 0 Å². The first-order chi connectivity index (χ1) is 13.3. The van der Waals surface area contributed by atoms with Crippen molar-refractivity contribution in [3.05, 3.63) is 77.5 Å². The molecule has 144 valence electrons. The molecule has 9 heteroatoms. The van der Waals surface area contributed by atoms with E-state index in [2.05, 4.69) is 15.1 Å². The molecule has 2 aromatic carbocycles. The highest BCUT2D eigenvalue weighted by atomic mass is 35.5. The van der Waals surface area contributed by atoms with Crippen LogP contribution in [0.1, 0.15) is 5.56 Å². The van der Waals surface area contributed by atoms with Gasteiger partial charge in [0.15, 0.2) is 5.82 Å². The number of nitrogens with zero attached hydrogens (tertiary/aromatic N) is 2. The highest BCUT2D eigenvalue weighted by Crippen LogP contribution is 2.24. The molecule has 3 rings (SSSR count). The van der Waals surface area contributed by atoms with E-state index < -0.39 is 10.0 Å². The van der Waals surface area contributed by atoms with E-state index in [1.807, 2.05) is 0 Å². The molecule has 0 aliphatic rings. The smallest absolute Gasteiger partial charge is 0.261 e. The van der Waals surface area contributed by atoms with Gasteiger partial charge < -0.3 is 5.32 Å². The zero-order valence-electron chi connectivity index (χ0n) is 14.8. The fourth-order valence-corrected chi connectivity index (χ4v) is 3.65. The molecule has 0 bridgehead atoms. The van der Waals surface area contributed by atoms with Crippen molar-refractivity contribution < 1.29 is 13.2 Å². The molecule has 0 atom stereocenters. The SMILES string of the molecule is Cn1ccc(NC(=O)C=Cc2ccc(S(=O)(=O)Nc3ccccc3Cl)cc2)n1. The van der Waals surface area contributed by atoms with Gasteiger partial charge in [0.2, 0.25) is 5.91 Å². The summed E-state index contributed by atoms with van der Waals surface area (Å²) in [6, 6.07) is 14.4. The summed E-state index contributed by atoms with van der Waals surface area (Å²) < 4.78 is 29.0. The molecule has 0 saturated heterocycles. The van der Waals surface area contributed by atoms with Gasteiger partial charge in [-0.25, -0.2) is 8.42 Å². The van der Waals surface area contributed by atoms with Crippen molar-refractivity contribution in [2.24, 2.45) is 7.05 Å². The Labute approximate surface area is 167 Å². The van der Waals surface area contributed by atoms with E-state index in [4.69, 9.17) is 11.6 Å². The van der Waals surface area contributed by atoms with Crippen LogP contribution in [0.25, 0.3) is 6.08 Å². The Bertz CT molecular complexity index is 1120. The molecular weight excluding hydrogens is 400 g/mol. The lowest BCUT2D eigenvalue weighted by molar-refractivity contribution is -0.111. The van der Waals surface area contributed by atoms with Crippen LogP contribution in [0.4, 0.5) is 11.5 Å². The molecule has 0 fully saturated rings. The van der Waals surface area contributed by atoms with Crippen molar-refractivity contribution in [3.63, 3.8) is 0 Å². The second-order valence-electron chi connectivity index (χ2n) is 5.85. The predicted molar refractivity (Wildman–Crippen MR) is 110 cm³/mol. The lowest BCUT2D eigenvalue weighted by Gasteiger charge is -2.09. The molecule has 28 heavy (non-hydrogen) atoms. The summed E-state index contributed by atoms with van der Waals surface area (Å²) >= 11 is 5.99. The molecule has 1 aromatic heterocycles. The Hall–Kier alpha value is -3.10. The van der Waals surface area contributed by atoms with Gasteiger partial charge in [0.25, 0.3) is 10.0 Å². The van der Waals surface area contributed by atoms with Crippen LogP contribution in [0, 0.1) is 0 Å². The number of aryl methyl sites for hydroxylation is 1. The van der Waals surface area contributed by atoms with Gasteiger partial charge in [0, 0.05) is 25.4 Å². The number of hydrogen-bond acceptors (Lipinski definition) is 4. The van der Waals surface area contributed by atoms with Crippen LogP contribution in [-0.2, 0) is 21.9 Å². The number of halogens is 1. The Kier molecular flexibility index (Phi) is 5.81. The van der Waals surface area contributed by atoms with Crippen molar-refractivity contribution in [2.45, 2.75) is 4.90 Å². The lowest BCUT2D eigenvalue weighted by Crippen LogP contribution is -2.13. The van der Waals surface area contributed by atoms with Crippen molar-refractivity contribution in [1.82, 2.24) is 9.78 Å². The first-order valence-electron chi connectivity index (χ1n) is 8.20. The number of carbonyl (C=O) groups is 1. The van der Waals surface area contributed by atoms with Crippen LogP contribution in [0.5, 0.6) is 0 Å². The third kappa shape index (κ3) is 4.99. The van der Waals surface area contributed by atoms with E-state index in [9.17, 15) is 13.2 Å². The van der Waals surface area contributed by atoms with Gasteiger partial charge >= 0.3 is 0 Å². The molecule has 0 aliphatic carbocycles. The summed E-state index contributed by atoms with van der Waals surface area (Å²) in [6.07, 6.45) is 4.64. The van der Waals surface area contributed by atoms with Gasteiger partial charge in [0.05, 0.1) is 15.6 Å². The molecule has 3 aromatic rings. The van der Waals surface area contributed by atoms with Crippen LogP contribution >= 0.6 is 11.6 Å². The summed E-state index contributed by atoms with van der Waals surface area (Å²) in [5, 5.41) is 6.99. The van der Waals surface area contributed by atoms with Crippen LogP contribution in [-0.4, -0.2) is 24.1 Å². The van der Waals surface area contributed by atoms with E-state index in [1.165, 1.54) is 18.2 Å². The molecular formula is C19H17ClN4O3S. The Balaban J connectivity index is 1.67. The van der Waals surface area contributed by atoms with Crippen LogP contribution in [0.3, 0.4) is 0 Å². The maximum absolute atomic E-state index is 12.5. The molecule has 1 amide bonds. The Morgan fingerprint density at radius 1 is 1.11 bits per heavy atom. The highest BCUT2D eigenvalue weighted by Gasteiger charge is 2.15. The molecule has 0 spiro atoms. The average Bonchev–Trinajstić information content (AvgIpc) is 3.07. The van der Waals surface area contributed by atoms with Crippen molar-refractivity contribution in [3.8, 4) is 0 Å². The number of anilines is 2. The van der Waals surface area contributed by atoms with Crippen molar-refractivity contribution in [1.29, 1.82) is 0 Å². The summed E-state index contributed by atoms with van der Waals surface area (Å²) in [5.41, 5.74) is 0.979. The van der Waals surface area contributed by atoms with Gasteiger partial charge in [0.1, 0.15) is 0 Å². The molecule has 2 N–H and O–H groups in total. The van der Waals surface area contributed by atoms with Crippen LogP contribution in [0.2, 0.25) is 5.02 Å². The number of carbonyl (C=O) groups excluding carboxylic acids is 1. The first-order valence-corrected chi connectivity index (χ1v) is 10.1. The summed E-state index contributed by atoms with van der Waals surface area (Å²) in [5.74, 6) is 0.111. The fourth-order valence-electron chi connectivity index (χ4n) is 2.33. The van der Waals surface area contributed by atoms with Crippen molar-refractivity contribution in [2.75, 3.05) is 10.0 Å². The van der Waals surface area contributed by atoms with Gasteiger partial charge in [-0.1, -0.05) is 35.9 Å². The summed E-state index contributed by atoms with van der Waals surface area (Å²) in [7, 11) is -2.02. The molecule has 0 unspecified atom stereocenters. The molecule has 1 heterocycles. The highest BCUT2D eigenvalue weighted by molar-refractivity contribution is 7.92. The minimum atomic E-state index is -3.77. The van der Waals surface area contributed by atoms with E-state index in [1.54, 1.807) is 66.5 Å². The van der Waals surface area contributed by atoms with E-state index in [-0.39, 0.29) is 10.8 Å². The molecule has 0 radical (unpaired) electrons. The number of sulfonamides is 1. The van der Waals surface area contributed by atoms with E-state index in [0.29, 0.717) is 22.1 Å². The zero-order chi connectivity index (χ0) is 20.1. The number of aromatic nitrogens is 2. The normalized spacial score (nSPS) is 11.5. The summed E-state index contributed by atoms with van der Waals surface area (Å²) in [4.78, 5) is 12.0. The third-order valence-corrected chi connectivity index (χ3v) is 5.41. The molecule has 0 aliphatic heterocycles. The summed E-state index contributed by atoms with van der Waals surface area (Å²) in [6.45, 7) is 0. The first kappa shape index (κ1) is 19.7. The maximum atomic E-state index is 12.5. The average molecular weight is 417 g/mol. The number of hydrogen-bond donors (Lipinski definition) is 2. The standard InChI is InChI=1S/C19H17ClN4O3S/c1-24-13-12-18(22-24)21-19(25)11-8-14-6-9-15(10-7-14)28(26,27)23-17-5-3-2-4-16(17)20/h2-13,23H,1H3,(H,21,22,25). The van der Waals surface area contributed by atoms with Crippen LogP contribution < -0.4 is 10.0 Å². The number of para-hydroxylation sites is 1.